The summed E-state index contributed by atoms with van der Waals surface area (Å²) < 4.78 is 43.5. The predicted molar refractivity (Wildman–Crippen MR) is 178 cm³/mol. The van der Waals surface area contributed by atoms with Gasteiger partial charge in [0, 0.05) is 37.8 Å². The van der Waals surface area contributed by atoms with Crippen LogP contribution in [0.1, 0.15) is 28.2 Å². The van der Waals surface area contributed by atoms with E-state index in [1.807, 2.05) is 0 Å². The summed E-state index contributed by atoms with van der Waals surface area (Å²) in [5.74, 6) is -1.71. The van der Waals surface area contributed by atoms with E-state index < -0.39 is 47.1 Å². The average molecular weight is 726 g/mol. The monoisotopic (exact) mass is 725 g/mol. The number of hydrogen-bond donors (Lipinski definition) is 9. The molecule has 50 heavy (non-hydrogen) atoms. The fourth-order valence-corrected chi connectivity index (χ4v) is 4.12. The Morgan fingerprint density at radius 3 is 1.40 bits per heavy atom. The van der Waals surface area contributed by atoms with Crippen molar-refractivity contribution in [3.05, 3.63) is 72.8 Å². The summed E-state index contributed by atoms with van der Waals surface area (Å²) in [6.07, 6.45) is -8.33. The van der Waals surface area contributed by atoms with Crippen LogP contribution < -0.4 is 24.9 Å². The van der Waals surface area contributed by atoms with Gasteiger partial charge in [-0.2, -0.15) is 8.42 Å². The van der Waals surface area contributed by atoms with Crippen LogP contribution in [0, 0.1) is 0 Å². The molecule has 1 fully saturated rings. The van der Waals surface area contributed by atoms with Gasteiger partial charge in [0.05, 0.1) is 0 Å². The van der Waals surface area contributed by atoms with E-state index in [1.54, 1.807) is 12.1 Å². The van der Waals surface area contributed by atoms with Crippen molar-refractivity contribution in [3.63, 3.8) is 0 Å². The maximum Gasteiger partial charge on any atom is 0.446 e. The van der Waals surface area contributed by atoms with E-state index in [9.17, 15) is 42.9 Å². The number of nitrogens with one attached hydrogen (secondary N) is 3. The van der Waals surface area contributed by atoms with E-state index >= 15 is 0 Å². The third-order valence-corrected chi connectivity index (χ3v) is 6.21. The highest BCUT2D eigenvalue weighted by Crippen LogP contribution is 2.25. The van der Waals surface area contributed by atoms with E-state index in [2.05, 4.69) is 20.1 Å². The van der Waals surface area contributed by atoms with E-state index in [4.69, 9.17) is 24.2 Å². The molecule has 5 atom stereocenters. The topological polar surface area (TPSA) is 288 Å². The van der Waals surface area contributed by atoms with Crippen LogP contribution in [-0.2, 0) is 34.3 Å². The molecule has 18 nitrogen and oxygen atoms in total. The Labute approximate surface area is 287 Å². The van der Waals surface area contributed by atoms with E-state index in [1.165, 1.54) is 81.4 Å². The Bertz CT molecular complexity index is 1670. The smallest absolute Gasteiger partial charge is 0.446 e. The number of aromatic hydroxyl groups is 1. The minimum Gasteiger partial charge on any atom is -0.508 e. The highest BCUT2D eigenvalue weighted by Gasteiger charge is 2.48. The van der Waals surface area contributed by atoms with Gasteiger partial charge in [0.25, 0.3) is 0 Å². The summed E-state index contributed by atoms with van der Waals surface area (Å²) in [5, 5.41) is 54.5. The van der Waals surface area contributed by atoms with Gasteiger partial charge < -0.3 is 55.1 Å². The standard InChI is InChI=1S/C14H17NO8.C8H9NO5S.C8H9NO2.CH4/c1-6(16)15-7-2-4-8(5-3-7)22-14-11(19)9(17)10(18)12(23-14)13(20)21;1-6(10)9-7-2-4-8(5-3-7)14-15(11,12)13;1-6(10)9-7-2-4-8(11)5-3-7;/h2-5,9-12,14,17-19H,1H3,(H,15,16)(H,20,21);2-5H,1H3,(H,9,10)(H,11,12,13);2-5,11H,1H3,(H,9,10);1H4. The highest BCUT2D eigenvalue weighted by molar-refractivity contribution is 7.81. The van der Waals surface area contributed by atoms with Crippen molar-refractivity contribution in [2.45, 2.75) is 58.9 Å². The van der Waals surface area contributed by atoms with Crippen LogP contribution >= 0.6 is 0 Å². The first kappa shape index (κ1) is 42.7. The van der Waals surface area contributed by atoms with Crippen LogP contribution in [0.3, 0.4) is 0 Å². The number of aliphatic carboxylic acids is 1. The van der Waals surface area contributed by atoms with Gasteiger partial charge in [0.1, 0.15) is 35.6 Å². The molecule has 19 heteroatoms. The van der Waals surface area contributed by atoms with Crippen LogP contribution in [0.5, 0.6) is 17.2 Å². The highest BCUT2D eigenvalue weighted by atomic mass is 32.3. The Morgan fingerprint density at radius 1 is 0.660 bits per heavy atom. The van der Waals surface area contributed by atoms with Crippen molar-refractivity contribution in [2.75, 3.05) is 16.0 Å². The molecule has 5 unspecified atom stereocenters. The molecule has 0 spiro atoms. The molecular weight excluding hydrogens is 686 g/mol. The number of aliphatic hydroxyl groups excluding tert-OH is 3. The summed E-state index contributed by atoms with van der Waals surface area (Å²) in [6, 6.07) is 17.8. The maximum absolute atomic E-state index is 11.0. The van der Waals surface area contributed by atoms with Crippen LogP contribution in [0.25, 0.3) is 0 Å². The van der Waals surface area contributed by atoms with Gasteiger partial charge in [-0.1, -0.05) is 7.43 Å². The number of ether oxygens (including phenoxy) is 2. The molecule has 0 radical (unpaired) electrons. The Balaban J connectivity index is 0.000000400. The zero-order valence-corrected chi connectivity index (χ0v) is 26.9. The van der Waals surface area contributed by atoms with Gasteiger partial charge in [-0.25, -0.2) is 4.79 Å². The number of amides is 3. The first-order valence-electron chi connectivity index (χ1n) is 13.9. The molecule has 0 bridgehead atoms. The van der Waals surface area contributed by atoms with Crippen molar-refractivity contribution in [1.29, 1.82) is 0 Å². The molecule has 274 valence electrons. The SMILES string of the molecule is C.CC(=O)Nc1ccc(O)cc1.CC(=O)Nc1ccc(OC2OC(C(=O)O)C(O)C(O)C2O)cc1.CC(=O)Nc1ccc(OS(=O)(=O)O)cc1. The number of carbonyl (C=O) groups excluding carboxylic acids is 3. The largest absolute Gasteiger partial charge is 0.508 e. The number of aliphatic hydroxyl groups is 3. The lowest BCUT2D eigenvalue weighted by molar-refractivity contribution is -0.271. The average Bonchev–Trinajstić information content (AvgIpc) is 2.99. The Morgan fingerprint density at radius 2 is 1.04 bits per heavy atom. The molecule has 0 aromatic heterocycles. The van der Waals surface area contributed by atoms with Gasteiger partial charge >= 0.3 is 16.4 Å². The second kappa shape index (κ2) is 19.6. The molecule has 0 aliphatic carbocycles. The van der Waals surface area contributed by atoms with Crippen LogP contribution in [0.2, 0.25) is 0 Å². The summed E-state index contributed by atoms with van der Waals surface area (Å²) in [5.41, 5.74) is 1.72. The number of carboxylic acid groups (broad SMARTS) is 1. The second-order valence-corrected chi connectivity index (χ2v) is 11.0. The van der Waals surface area contributed by atoms with Gasteiger partial charge in [0.15, 0.2) is 6.10 Å². The normalized spacial score (nSPS) is 19.3. The predicted octanol–water partition coefficient (Wildman–Crippen LogP) is 1.73. The molecule has 3 amide bonds. The number of phenols is 1. The minimum absolute atomic E-state index is 0. The lowest BCUT2D eigenvalue weighted by atomic mass is 9.99. The summed E-state index contributed by atoms with van der Waals surface area (Å²) in [7, 11) is -4.50. The zero-order chi connectivity index (χ0) is 36.9. The molecule has 0 saturated carbocycles. The second-order valence-electron chi connectivity index (χ2n) is 10.0. The molecule has 4 rings (SSSR count). The van der Waals surface area contributed by atoms with Crippen molar-refractivity contribution in [3.8, 4) is 17.2 Å². The zero-order valence-electron chi connectivity index (χ0n) is 26.1. The van der Waals surface area contributed by atoms with Crippen molar-refractivity contribution < 1.29 is 71.3 Å². The Hall–Kier alpha value is -5.31. The molecule has 1 aliphatic heterocycles. The van der Waals surface area contributed by atoms with Gasteiger partial charge in [-0.05, 0) is 72.8 Å². The Kier molecular flexibility index (Phi) is 16.8. The molecule has 3 aromatic carbocycles. The lowest BCUT2D eigenvalue weighted by Crippen LogP contribution is -2.61. The quantitative estimate of drug-likeness (QED) is 0.118. The number of carboxylic acids is 1. The van der Waals surface area contributed by atoms with E-state index in [-0.39, 0.29) is 42.4 Å². The van der Waals surface area contributed by atoms with Gasteiger partial charge in [-0.15, -0.1) is 0 Å². The number of benzene rings is 3. The van der Waals surface area contributed by atoms with E-state index in [0.29, 0.717) is 17.1 Å². The molecule has 1 heterocycles. The minimum atomic E-state index is -4.50. The van der Waals surface area contributed by atoms with Gasteiger partial charge in [0.2, 0.25) is 24.0 Å². The number of hydrogen-bond acceptors (Lipinski definition) is 13. The first-order valence-corrected chi connectivity index (χ1v) is 15.3. The maximum atomic E-state index is 11.0. The summed E-state index contributed by atoms with van der Waals surface area (Å²) in [4.78, 5) is 43.1. The summed E-state index contributed by atoms with van der Waals surface area (Å²) in [6.45, 7) is 4.14. The van der Waals surface area contributed by atoms with Crippen molar-refractivity contribution in [1.82, 2.24) is 0 Å². The molecular formula is C31H39N3O15S. The van der Waals surface area contributed by atoms with E-state index in [0.717, 1.165) is 0 Å². The number of carbonyl (C=O) groups is 4. The number of rotatable bonds is 8. The molecule has 9 N–H and O–H groups in total. The van der Waals surface area contributed by atoms with Crippen LogP contribution in [-0.4, -0.2) is 92.9 Å². The van der Waals surface area contributed by atoms with Crippen molar-refractivity contribution in [2.24, 2.45) is 0 Å². The first-order chi connectivity index (χ1) is 22.8. The number of phenolic OH excluding ortho intramolecular Hbond substituents is 1. The summed E-state index contributed by atoms with van der Waals surface area (Å²) >= 11 is 0. The lowest BCUT2D eigenvalue weighted by Gasteiger charge is -2.38. The number of anilines is 3. The van der Waals surface area contributed by atoms with Crippen molar-refractivity contribution >= 4 is 51.2 Å². The fraction of sp³-hybridized carbons (Fsp3) is 0.290. The molecule has 3 aromatic rings. The van der Waals surface area contributed by atoms with Gasteiger partial charge in [-0.3, -0.25) is 18.9 Å². The van der Waals surface area contributed by atoms with Crippen LogP contribution in [0.4, 0.5) is 17.1 Å². The fourth-order valence-electron chi connectivity index (χ4n) is 3.77. The molecule has 1 saturated heterocycles. The third-order valence-electron chi connectivity index (χ3n) is 5.80. The van der Waals surface area contributed by atoms with Crippen LogP contribution in [0.15, 0.2) is 72.8 Å². The molecule has 1 aliphatic rings. The third kappa shape index (κ3) is 15.3.